The van der Waals surface area contributed by atoms with E-state index in [1.165, 1.54) is 37.2 Å². The van der Waals surface area contributed by atoms with Crippen molar-refractivity contribution in [2.75, 3.05) is 33.5 Å². The van der Waals surface area contributed by atoms with E-state index in [1.807, 2.05) is 13.0 Å². The van der Waals surface area contributed by atoms with Gasteiger partial charge in [0.1, 0.15) is 66.5 Å². The van der Waals surface area contributed by atoms with E-state index in [2.05, 4.69) is 40.9 Å². The van der Waals surface area contributed by atoms with Gasteiger partial charge in [-0.2, -0.15) is 0 Å². The van der Waals surface area contributed by atoms with Crippen molar-refractivity contribution >= 4 is 35.0 Å². The molecule has 6 heterocycles. The van der Waals surface area contributed by atoms with E-state index in [9.17, 15) is 19.2 Å². The van der Waals surface area contributed by atoms with Crippen molar-refractivity contribution in [3.8, 4) is 56.8 Å². The van der Waals surface area contributed by atoms with Gasteiger partial charge in [-0.15, -0.1) is 11.3 Å². The fourth-order valence-corrected chi connectivity index (χ4v) is 6.77. The van der Waals surface area contributed by atoms with Gasteiger partial charge < -0.3 is 47.8 Å². The Balaban J connectivity index is 1.27. The Labute approximate surface area is 346 Å². The number of nitrogens with one attached hydrogen (secondary N) is 3. The minimum Gasteiger partial charge on any atom is -0.461 e. The van der Waals surface area contributed by atoms with Crippen LogP contribution in [0.15, 0.2) is 72.2 Å². The van der Waals surface area contributed by atoms with Crippen LogP contribution in [0.4, 0.5) is 0 Å². The molecule has 0 spiro atoms. The summed E-state index contributed by atoms with van der Waals surface area (Å²) in [6, 6.07) is 5.52. The molecule has 20 heteroatoms. The highest BCUT2D eigenvalue weighted by atomic mass is 32.1. The predicted molar refractivity (Wildman–Crippen MR) is 212 cm³/mol. The number of oxazole rings is 4. The number of carbonyl (C=O) groups is 4. The van der Waals surface area contributed by atoms with Crippen molar-refractivity contribution in [1.29, 1.82) is 0 Å². The van der Waals surface area contributed by atoms with Gasteiger partial charge >= 0.3 is 5.97 Å². The van der Waals surface area contributed by atoms with Crippen molar-refractivity contribution in [3.63, 3.8) is 0 Å². The van der Waals surface area contributed by atoms with Crippen LogP contribution in [-0.2, 0) is 28.6 Å². The lowest BCUT2D eigenvalue weighted by Gasteiger charge is -2.28. The highest BCUT2D eigenvalue weighted by molar-refractivity contribution is 7.13. The first-order chi connectivity index (χ1) is 29.0. The molecule has 19 nitrogen and oxygen atoms in total. The molecule has 1 aliphatic heterocycles. The van der Waals surface area contributed by atoms with E-state index in [-0.39, 0.29) is 66.2 Å². The predicted octanol–water partition coefficient (Wildman–Crippen LogP) is 5.09. The molecule has 5 aromatic heterocycles. The Kier molecular flexibility index (Phi) is 12.9. The molecular weight excluding hydrogens is 801 g/mol. The Morgan fingerprint density at radius 3 is 2.25 bits per heavy atom. The summed E-state index contributed by atoms with van der Waals surface area (Å²) >= 11 is 1.26. The van der Waals surface area contributed by atoms with Crippen LogP contribution in [-0.4, -0.2) is 94.2 Å². The van der Waals surface area contributed by atoms with Gasteiger partial charge in [-0.3, -0.25) is 14.4 Å². The summed E-state index contributed by atoms with van der Waals surface area (Å²) < 4.78 is 39.2. The number of carbonyl (C=O) groups excluding carboxylic acids is 4. The SMILES string of the molecule is CC[C@H](C)[C@H]1NC(=O)c2nc(oc2-c2ccccc2)-c2coc(n2)-c2csc(n2)-c2coc(n2)-c2coc(n2)[C@H](COC(=O)COCCOC)NC(=O)[C@H](C(C)C)NC1=O. The van der Waals surface area contributed by atoms with Crippen LogP contribution in [0.25, 0.3) is 56.8 Å². The number of rotatable bonds is 11. The molecule has 7 rings (SSSR count). The van der Waals surface area contributed by atoms with E-state index in [1.54, 1.807) is 50.4 Å². The fraction of sp³-hybridized carbons (Fsp3) is 0.375. The average molecular weight is 843 g/mol. The van der Waals surface area contributed by atoms with Crippen LogP contribution >= 0.6 is 11.3 Å². The van der Waals surface area contributed by atoms with Gasteiger partial charge in [-0.1, -0.05) is 64.4 Å². The molecule has 3 N–H and O–H groups in total. The van der Waals surface area contributed by atoms with E-state index >= 15 is 0 Å². The molecule has 3 amide bonds. The maximum absolute atomic E-state index is 14.2. The minimum atomic E-state index is -1.14. The van der Waals surface area contributed by atoms with Crippen molar-refractivity contribution < 1.29 is 51.1 Å². The highest BCUT2D eigenvalue weighted by Crippen LogP contribution is 2.34. The zero-order valence-corrected chi connectivity index (χ0v) is 34.1. The first-order valence-electron chi connectivity index (χ1n) is 19.1. The number of esters is 1. The molecule has 0 saturated carbocycles. The number of benzene rings is 1. The quantitative estimate of drug-likeness (QED) is 0.113. The number of ether oxygens (including phenoxy) is 3. The fourth-order valence-electron chi connectivity index (χ4n) is 6.02. The molecule has 60 heavy (non-hydrogen) atoms. The lowest BCUT2D eigenvalue weighted by atomic mass is 9.96. The van der Waals surface area contributed by atoms with Crippen molar-refractivity contribution in [1.82, 2.24) is 40.9 Å². The Hall–Kier alpha value is -6.51. The second kappa shape index (κ2) is 18.6. The molecule has 0 saturated heterocycles. The molecule has 0 radical (unpaired) electrons. The molecule has 0 unspecified atom stereocenters. The monoisotopic (exact) mass is 842 g/mol. The van der Waals surface area contributed by atoms with E-state index in [0.717, 1.165) is 0 Å². The number of hydrogen-bond acceptors (Lipinski definition) is 17. The van der Waals surface area contributed by atoms with Gasteiger partial charge in [0, 0.05) is 18.1 Å². The van der Waals surface area contributed by atoms with Gasteiger partial charge in [0.05, 0.1) is 13.2 Å². The molecule has 314 valence electrons. The lowest BCUT2D eigenvalue weighted by Crippen LogP contribution is -2.57. The van der Waals surface area contributed by atoms with E-state index in [4.69, 9.17) is 31.9 Å². The molecule has 1 aliphatic rings. The van der Waals surface area contributed by atoms with Crippen LogP contribution in [0, 0.1) is 11.8 Å². The Morgan fingerprint density at radius 2 is 1.50 bits per heavy atom. The minimum absolute atomic E-state index is 0.00743. The van der Waals surface area contributed by atoms with Crippen molar-refractivity contribution in [2.24, 2.45) is 11.8 Å². The van der Waals surface area contributed by atoms with E-state index in [0.29, 0.717) is 28.4 Å². The van der Waals surface area contributed by atoms with Gasteiger partial charge in [0.25, 0.3) is 5.91 Å². The number of amides is 3. The number of thiazole rings is 1. The summed E-state index contributed by atoms with van der Waals surface area (Å²) in [6.07, 6.45) is 4.51. The van der Waals surface area contributed by atoms with Crippen LogP contribution < -0.4 is 16.0 Å². The molecule has 0 aliphatic carbocycles. The third kappa shape index (κ3) is 9.35. The van der Waals surface area contributed by atoms with Crippen LogP contribution in [0.3, 0.4) is 0 Å². The number of nitrogens with zero attached hydrogens (tertiary/aromatic N) is 5. The third-order valence-electron chi connectivity index (χ3n) is 9.50. The summed E-state index contributed by atoms with van der Waals surface area (Å²) in [5, 5.41) is 10.7. The second-order valence-corrected chi connectivity index (χ2v) is 15.0. The maximum Gasteiger partial charge on any atom is 0.332 e. The number of methoxy groups -OCH3 is 1. The van der Waals surface area contributed by atoms with Gasteiger partial charge in [-0.05, 0) is 11.8 Å². The van der Waals surface area contributed by atoms with Crippen LogP contribution in [0.5, 0.6) is 0 Å². The van der Waals surface area contributed by atoms with Crippen LogP contribution in [0.1, 0.15) is 56.5 Å². The second-order valence-electron chi connectivity index (χ2n) is 14.1. The number of aromatic nitrogens is 5. The van der Waals surface area contributed by atoms with Crippen molar-refractivity contribution in [2.45, 2.75) is 52.2 Å². The summed E-state index contributed by atoms with van der Waals surface area (Å²) in [6.45, 7) is 6.83. The smallest absolute Gasteiger partial charge is 0.332 e. The molecule has 10 bridgehead atoms. The number of hydrogen-bond donors (Lipinski definition) is 3. The van der Waals surface area contributed by atoms with Crippen LogP contribution in [0.2, 0.25) is 0 Å². The highest BCUT2D eigenvalue weighted by Gasteiger charge is 2.35. The van der Waals surface area contributed by atoms with Crippen molar-refractivity contribution in [3.05, 3.63) is 66.1 Å². The van der Waals surface area contributed by atoms with Gasteiger partial charge in [0.15, 0.2) is 22.8 Å². The van der Waals surface area contributed by atoms with E-state index < -0.39 is 60.3 Å². The first kappa shape index (κ1) is 41.6. The zero-order chi connectivity index (χ0) is 42.3. The lowest BCUT2D eigenvalue weighted by molar-refractivity contribution is -0.151. The molecule has 0 fully saturated rings. The Bertz CT molecular complexity index is 2430. The Morgan fingerprint density at radius 1 is 0.800 bits per heavy atom. The summed E-state index contributed by atoms with van der Waals surface area (Å²) in [5.41, 5.74) is 1.59. The van der Waals surface area contributed by atoms with Gasteiger partial charge in [0.2, 0.25) is 35.4 Å². The normalized spacial score (nSPS) is 17.7. The maximum atomic E-state index is 14.2. The summed E-state index contributed by atoms with van der Waals surface area (Å²) in [4.78, 5) is 77.8. The molecular formula is C40H42N8O11S. The first-order valence-corrected chi connectivity index (χ1v) is 19.9. The topological polar surface area (TPSA) is 249 Å². The zero-order valence-electron chi connectivity index (χ0n) is 33.3. The summed E-state index contributed by atoms with van der Waals surface area (Å²) in [5.74, 6) is -3.20. The molecule has 6 aromatic rings. The largest absolute Gasteiger partial charge is 0.461 e. The average Bonchev–Trinajstić information content (AvgIpc) is 4.10. The summed E-state index contributed by atoms with van der Waals surface area (Å²) in [7, 11) is 1.50. The molecule has 4 atom stereocenters. The number of fused-ring (bicyclic) bond motifs is 14. The third-order valence-corrected chi connectivity index (χ3v) is 10.4. The van der Waals surface area contributed by atoms with Gasteiger partial charge in [-0.25, -0.2) is 29.7 Å². The molecule has 1 aromatic carbocycles. The standard InChI is InChI=1S/C40H42N8O11S/c1-6-21(4)30-34(51)46-29(20(2)3)33(50)41-23(14-55-28(49)18-54-13-12-53-5)36-42-24(15-56-36)37-44-26(17-58-37)40-45-27(19-60-40)38-43-25(16-57-38)39-48-31(35(52)47-30)32(59-39)22-10-8-7-9-11-22/h7-11,15-17,19-21,23,29-30H,6,12-14,18H2,1-5H3,(H,41,50)(H,46,51)(H,47,52)/t21-,23-,29-,30+/m0/s1.